The lowest BCUT2D eigenvalue weighted by atomic mass is 9.88. The largest absolute Gasteiger partial charge is 0.315 e. The van der Waals surface area contributed by atoms with Gasteiger partial charge in [0.25, 0.3) is 0 Å². The Labute approximate surface area is 118 Å². The first kappa shape index (κ1) is 15.6. The number of rotatable bonds is 5. The maximum atomic E-state index is 13.1. The van der Waals surface area contributed by atoms with Crippen molar-refractivity contribution >= 4 is 15.9 Å². The third-order valence-corrected chi connectivity index (χ3v) is 4.53. The highest BCUT2D eigenvalue weighted by Crippen LogP contribution is 2.24. The van der Waals surface area contributed by atoms with E-state index in [0.717, 1.165) is 16.5 Å². The molecule has 0 fully saturated rings. The second-order valence-corrected chi connectivity index (χ2v) is 6.18. The van der Waals surface area contributed by atoms with Crippen LogP contribution in [0.5, 0.6) is 0 Å². The summed E-state index contributed by atoms with van der Waals surface area (Å²) in [6.45, 7) is 4.40. The van der Waals surface area contributed by atoms with Crippen LogP contribution in [0.1, 0.15) is 19.4 Å². The van der Waals surface area contributed by atoms with Crippen molar-refractivity contribution in [1.29, 1.82) is 0 Å². The standard InChI is InChI=1S/C14H22BrFN2/c1-14(2,18(4)5)13(17-3)8-10-6-7-11(16)9-12(10)15/h6-7,9,13,17H,8H2,1-5H3. The molecule has 2 nitrogen and oxygen atoms in total. The van der Waals surface area contributed by atoms with Gasteiger partial charge in [0, 0.05) is 16.1 Å². The molecule has 0 aromatic heterocycles. The molecule has 0 saturated heterocycles. The van der Waals surface area contributed by atoms with Gasteiger partial charge in [-0.25, -0.2) is 4.39 Å². The average molecular weight is 317 g/mol. The Morgan fingerprint density at radius 1 is 1.39 bits per heavy atom. The van der Waals surface area contributed by atoms with E-state index in [1.165, 1.54) is 12.1 Å². The molecule has 0 spiro atoms. The van der Waals surface area contributed by atoms with Crippen molar-refractivity contribution in [2.24, 2.45) is 0 Å². The molecular weight excluding hydrogens is 295 g/mol. The summed E-state index contributed by atoms with van der Waals surface area (Å²) >= 11 is 3.43. The Kier molecular flexibility index (Phi) is 5.32. The predicted octanol–water partition coefficient (Wildman–Crippen LogP) is 3.06. The van der Waals surface area contributed by atoms with Gasteiger partial charge < -0.3 is 10.2 Å². The smallest absolute Gasteiger partial charge is 0.124 e. The van der Waals surface area contributed by atoms with Crippen molar-refractivity contribution in [1.82, 2.24) is 10.2 Å². The molecule has 1 atom stereocenters. The summed E-state index contributed by atoms with van der Waals surface area (Å²) in [5, 5.41) is 3.36. The Morgan fingerprint density at radius 3 is 2.44 bits per heavy atom. The van der Waals surface area contributed by atoms with E-state index in [1.807, 2.05) is 13.1 Å². The fourth-order valence-corrected chi connectivity index (χ4v) is 2.44. The molecular formula is C14H22BrFN2. The number of likely N-dealkylation sites (N-methyl/N-ethyl adjacent to an activating group) is 2. The predicted molar refractivity (Wildman–Crippen MR) is 78.4 cm³/mol. The average Bonchev–Trinajstić information content (AvgIpc) is 2.27. The normalized spacial score (nSPS) is 14.0. The van der Waals surface area contributed by atoms with Gasteiger partial charge in [0.1, 0.15) is 5.82 Å². The van der Waals surface area contributed by atoms with Gasteiger partial charge in [-0.05, 0) is 59.1 Å². The van der Waals surface area contributed by atoms with E-state index in [-0.39, 0.29) is 17.4 Å². The zero-order valence-electron chi connectivity index (χ0n) is 11.7. The molecule has 1 N–H and O–H groups in total. The van der Waals surface area contributed by atoms with Crippen LogP contribution in [0.2, 0.25) is 0 Å². The van der Waals surface area contributed by atoms with E-state index in [9.17, 15) is 4.39 Å². The summed E-state index contributed by atoms with van der Waals surface area (Å²) < 4.78 is 13.9. The Hall–Kier alpha value is -0.450. The summed E-state index contributed by atoms with van der Waals surface area (Å²) in [6, 6.07) is 5.16. The van der Waals surface area contributed by atoms with Crippen LogP contribution in [0.15, 0.2) is 22.7 Å². The Bertz CT molecular complexity index is 405. The van der Waals surface area contributed by atoms with Crippen molar-refractivity contribution in [3.63, 3.8) is 0 Å². The van der Waals surface area contributed by atoms with Gasteiger partial charge >= 0.3 is 0 Å². The van der Waals surface area contributed by atoms with Crippen LogP contribution in [0.25, 0.3) is 0 Å². The molecule has 0 amide bonds. The minimum atomic E-state index is -0.210. The highest BCUT2D eigenvalue weighted by molar-refractivity contribution is 9.10. The fraction of sp³-hybridized carbons (Fsp3) is 0.571. The van der Waals surface area contributed by atoms with Crippen molar-refractivity contribution < 1.29 is 4.39 Å². The van der Waals surface area contributed by atoms with Crippen molar-refractivity contribution in [2.75, 3.05) is 21.1 Å². The third-order valence-electron chi connectivity index (χ3n) is 3.79. The summed E-state index contributed by atoms with van der Waals surface area (Å²) in [4.78, 5) is 2.20. The second kappa shape index (κ2) is 6.13. The summed E-state index contributed by atoms with van der Waals surface area (Å²) in [6.07, 6.45) is 0.850. The molecule has 0 radical (unpaired) electrons. The SMILES string of the molecule is CNC(Cc1ccc(F)cc1Br)C(C)(C)N(C)C. The number of halogens is 2. The molecule has 1 aromatic carbocycles. The number of benzene rings is 1. The van der Waals surface area contributed by atoms with Crippen LogP contribution < -0.4 is 5.32 Å². The molecule has 18 heavy (non-hydrogen) atoms. The molecule has 1 aromatic rings. The van der Waals surface area contributed by atoms with Crippen LogP contribution in [-0.4, -0.2) is 37.6 Å². The number of hydrogen-bond donors (Lipinski definition) is 1. The molecule has 1 unspecified atom stereocenters. The van der Waals surface area contributed by atoms with Crippen LogP contribution in [-0.2, 0) is 6.42 Å². The molecule has 0 aliphatic rings. The van der Waals surface area contributed by atoms with Gasteiger partial charge in [-0.15, -0.1) is 0 Å². The van der Waals surface area contributed by atoms with Crippen LogP contribution >= 0.6 is 15.9 Å². The van der Waals surface area contributed by atoms with E-state index in [1.54, 1.807) is 0 Å². The first-order valence-electron chi connectivity index (χ1n) is 6.07. The zero-order chi connectivity index (χ0) is 13.9. The lowest BCUT2D eigenvalue weighted by molar-refractivity contribution is 0.141. The van der Waals surface area contributed by atoms with E-state index in [2.05, 4.69) is 54.1 Å². The lowest BCUT2D eigenvalue weighted by Gasteiger charge is -2.40. The van der Waals surface area contributed by atoms with Gasteiger partial charge in [0.2, 0.25) is 0 Å². The molecule has 0 bridgehead atoms. The summed E-state index contributed by atoms with van der Waals surface area (Å²) in [7, 11) is 6.11. The van der Waals surface area contributed by atoms with Gasteiger partial charge in [-0.1, -0.05) is 22.0 Å². The third kappa shape index (κ3) is 3.53. The van der Waals surface area contributed by atoms with Crippen molar-refractivity contribution in [3.8, 4) is 0 Å². The topological polar surface area (TPSA) is 15.3 Å². The monoisotopic (exact) mass is 316 g/mol. The van der Waals surface area contributed by atoms with Gasteiger partial charge in [-0.3, -0.25) is 0 Å². The first-order valence-corrected chi connectivity index (χ1v) is 6.87. The van der Waals surface area contributed by atoms with Crippen LogP contribution in [0, 0.1) is 5.82 Å². The minimum absolute atomic E-state index is 0.0164. The summed E-state index contributed by atoms with van der Waals surface area (Å²) in [5.74, 6) is -0.210. The van der Waals surface area contributed by atoms with Crippen molar-refractivity contribution in [2.45, 2.75) is 31.8 Å². The Balaban J connectivity index is 2.93. The first-order chi connectivity index (χ1) is 8.28. The number of nitrogens with one attached hydrogen (secondary N) is 1. The molecule has 0 saturated carbocycles. The molecule has 102 valence electrons. The van der Waals surface area contributed by atoms with E-state index >= 15 is 0 Å². The lowest BCUT2D eigenvalue weighted by Crippen LogP contribution is -2.55. The van der Waals surface area contributed by atoms with E-state index < -0.39 is 0 Å². The highest BCUT2D eigenvalue weighted by Gasteiger charge is 2.30. The molecule has 0 heterocycles. The molecule has 1 rings (SSSR count). The Morgan fingerprint density at radius 2 is 2.00 bits per heavy atom. The maximum absolute atomic E-state index is 13.1. The number of nitrogens with zero attached hydrogens (tertiary/aromatic N) is 1. The molecule has 0 aliphatic carbocycles. The van der Waals surface area contributed by atoms with Crippen molar-refractivity contribution in [3.05, 3.63) is 34.1 Å². The molecule has 0 aliphatic heterocycles. The second-order valence-electron chi connectivity index (χ2n) is 5.33. The van der Waals surface area contributed by atoms with Gasteiger partial charge in [-0.2, -0.15) is 0 Å². The molecule has 4 heteroatoms. The highest BCUT2D eigenvalue weighted by atomic mass is 79.9. The quantitative estimate of drug-likeness (QED) is 0.898. The summed E-state index contributed by atoms with van der Waals surface area (Å²) in [5.41, 5.74) is 1.13. The zero-order valence-corrected chi connectivity index (χ0v) is 13.3. The maximum Gasteiger partial charge on any atom is 0.124 e. The van der Waals surface area contributed by atoms with E-state index in [0.29, 0.717) is 0 Å². The fourth-order valence-electron chi connectivity index (χ4n) is 1.92. The number of hydrogen-bond acceptors (Lipinski definition) is 2. The van der Waals surface area contributed by atoms with Gasteiger partial charge in [0.05, 0.1) is 0 Å². The van der Waals surface area contributed by atoms with Crippen LogP contribution in [0.4, 0.5) is 4.39 Å². The van der Waals surface area contributed by atoms with Crippen LogP contribution in [0.3, 0.4) is 0 Å². The van der Waals surface area contributed by atoms with Gasteiger partial charge in [0.15, 0.2) is 0 Å². The van der Waals surface area contributed by atoms with E-state index in [4.69, 9.17) is 0 Å². The minimum Gasteiger partial charge on any atom is -0.315 e.